The lowest BCUT2D eigenvalue weighted by molar-refractivity contribution is -0.155. The summed E-state index contributed by atoms with van der Waals surface area (Å²) in [5.74, 6) is -0.373. The van der Waals surface area contributed by atoms with Crippen LogP contribution in [0.1, 0.15) is 125 Å². The number of unbranched alkanes of at least 4 members (excludes halogenated alkanes) is 8. The quantitative estimate of drug-likeness (QED) is 0.112. The average Bonchev–Trinajstić information content (AvgIpc) is 2.73. The van der Waals surface area contributed by atoms with Gasteiger partial charge in [-0.05, 0) is 73.1 Å². The SMILES string of the molecule is CCCCC/C=C\C/C=C\CCCCCCCC(=O)OCC(C)(C)NCCC(=O)OC(C)(C)C. The Morgan fingerprint density at radius 3 is 1.94 bits per heavy atom. The molecule has 0 bridgehead atoms. The van der Waals surface area contributed by atoms with Crippen LogP contribution in [-0.4, -0.2) is 36.2 Å². The van der Waals surface area contributed by atoms with Crippen molar-refractivity contribution in [3.05, 3.63) is 24.3 Å². The number of allylic oxidation sites excluding steroid dienone is 4. The zero-order valence-electron chi connectivity index (χ0n) is 23.0. The summed E-state index contributed by atoms with van der Waals surface area (Å²) >= 11 is 0. The Kier molecular flexibility index (Phi) is 18.7. The molecule has 0 unspecified atom stereocenters. The van der Waals surface area contributed by atoms with Crippen LogP contribution in [0, 0.1) is 0 Å². The van der Waals surface area contributed by atoms with E-state index in [0.717, 1.165) is 32.1 Å². The lowest BCUT2D eigenvalue weighted by Gasteiger charge is -2.26. The molecule has 0 aromatic rings. The second-order valence-electron chi connectivity index (χ2n) is 10.8. The molecule has 0 rings (SSSR count). The molecule has 0 saturated heterocycles. The molecule has 0 radical (unpaired) electrons. The van der Waals surface area contributed by atoms with Crippen molar-refractivity contribution in [1.82, 2.24) is 5.32 Å². The molecular formula is C29H53NO4. The van der Waals surface area contributed by atoms with Crippen LogP contribution in [0.15, 0.2) is 24.3 Å². The van der Waals surface area contributed by atoms with E-state index in [-0.39, 0.29) is 17.5 Å². The van der Waals surface area contributed by atoms with Gasteiger partial charge in [0, 0.05) is 18.5 Å². The van der Waals surface area contributed by atoms with Crippen molar-refractivity contribution in [1.29, 1.82) is 0 Å². The van der Waals surface area contributed by atoms with Gasteiger partial charge in [0.05, 0.1) is 6.42 Å². The number of rotatable bonds is 20. The third-order valence-corrected chi connectivity index (χ3v) is 5.28. The summed E-state index contributed by atoms with van der Waals surface area (Å²) in [5, 5.41) is 3.27. The van der Waals surface area contributed by atoms with Gasteiger partial charge < -0.3 is 14.8 Å². The molecule has 0 aromatic heterocycles. The molecule has 0 atom stereocenters. The number of esters is 2. The van der Waals surface area contributed by atoms with Gasteiger partial charge in [-0.3, -0.25) is 9.59 Å². The van der Waals surface area contributed by atoms with Gasteiger partial charge in [-0.2, -0.15) is 0 Å². The van der Waals surface area contributed by atoms with Crippen molar-refractivity contribution >= 4 is 11.9 Å². The fourth-order valence-corrected chi connectivity index (χ4v) is 3.36. The molecule has 0 aliphatic carbocycles. The molecule has 198 valence electrons. The highest BCUT2D eigenvalue weighted by molar-refractivity contribution is 5.70. The van der Waals surface area contributed by atoms with Crippen LogP contribution in [0.3, 0.4) is 0 Å². The molecular weight excluding hydrogens is 426 g/mol. The van der Waals surface area contributed by atoms with Gasteiger partial charge in [0.1, 0.15) is 12.2 Å². The molecule has 0 saturated carbocycles. The Hall–Kier alpha value is -1.62. The smallest absolute Gasteiger partial charge is 0.307 e. The van der Waals surface area contributed by atoms with E-state index in [4.69, 9.17) is 9.47 Å². The Balaban J connectivity index is 3.65. The maximum atomic E-state index is 12.0. The maximum absolute atomic E-state index is 12.0. The summed E-state index contributed by atoms with van der Waals surface area (Å²) in [7, 11) is 0. The van der Waals surface area contributed by atoms with Crippen LogP contribution in [0.5, 0.6) is 0 Å². The largest absolute Gasteiger partial charge is 0.464 e. The van der Waals surface area contributed by atoms with Crippen molar-refractivity contribution in [2.24, 2.45) is 0 Å². The lowest BCUT2D eigenvalue weighted by Crippen LogP contribution is -2.45. The molecule has 5 heteroatoms. The Morgan fingerprint density at radius 1 is 0.735 bits per heavy atom. The van der Waals surface area contributed by atoms with E-state index in [9.17, 15) is 9.59 Å². The normalized spacial score (nSPS) is 12.5. The minimum Gasteiger partial charge on any atom is -0.464 e. The van der Waals surface area contributed by atoms with E-state index < -0.39 is 5.60 Å². The third kappa shape index (κ3) is 23.5. The predicted octanol–water partition coefficient (Wildman–Crippen LogP) is 7.44. The van der Waals surface area contributed by atoms with Crippen LogP contribution in [-0.2, 0) is 19.1 Å². The molecule has 0 spiro atoms. The van der Waals surface area contributed by atoms with Gasteiger partial charge in [-0.1, -0.05) is 63.3 Å². The Morgan fingerprint density at radius 2 is 1.32 bits per heavy atom. The van der Waals surface area contributed by atoms with Gasteiger partial charge in [-0.25, -0.2) is 0 Å². The first-order chi connectivity index (χ1) is 16.1. The summed E-state index contributed by atoms with van der Waals surface area (Å²) in [6, 6.07) is 0. The fourth-order valence-electron chi connectivity index (χ4n) is 3.36. The van der Waals surface area contributed by atoms with Crippen LogP contribution < -0.4 is 5.32 Å². The zero-order valence-corrected chi connectivity index (χ0v) is 23.0. The zero-order chi connectivity index (χ0) is 25.7. The van der Waals surface area contributed by atoms with E-state index in [1.807, 2.05) is 34.6 Å². The van der Waals surface area contributed by atoms with Crippen molar-refractivity contribution in [2.75, 3.05) is 13.2 Å². The highest BCUT2D eigenvalue weighted by Crippen LogP contribution is 2.11. The van der Waals surface area contributed by atoms with Crippen LogP contribution in [0.2, 0.25) is 0 Å². The molecule has 5 nitrogen and oxygen atoms in total. The number of ether oxygens (including phenoxy) is 2. The van der Waals surface area contributed by atoms with Crippen molar-refractivity contribution in [3.63, 3.8) is 0 Å². The Labute approximate surface area is 210 Å². The van der Waals surface area contributed by atoms with Gasteiger partial charge >= 0.3 is 11.9 Å². The Bertz CT molecular complexity index is 587. The van der Waals surface area contributed by atoms with Crippen molar-refractivity contribution < 1.29 is 19.1 Å². The van der Waals surface area contributed by atoms with Crippen LogP contribution in [0.25, 0.3) is 0 Å². The molecule has 0 aliphatic rings. The topological polar surface area (TPSA) is 64.6 Å². The minimum absolute atomic E-state index is 0.146. The van der Waals surface area contributed by atoms with Gasteiger partial charge in [0.25, 0.3) is 0 Å². The number of hydrogen-bond acceptors (Lipinski definition) is 5. The lowest BCUT2D eigenvalue weighted by atomic mass is 10.1. The number of hydrogen-bond donors (Lipinski definition) is 1. The summed E-state index contributed by atoms with van der Waals surface area (Å²) in [5.41, 5.74) is -0.847. The summed E-state index contributed by atoms with van der Waals surface area (Å²) in [6.07, 6.45) is 22.7. The molecule has 0 heterocycles. The number of carbonyl (C=O) groups is 2. The van der Waals surface area contributed by atoms with E-state index in [1.165, 1.54) is 38.5 Å². The maximum Gasteiger partial charge on any atom is 0.307 e. The van der Waals surface area contributed by atoms with E-state index in [1.54, 1.807) is 0 Å². The number of nitrogens with one attached hydrogen (secondary N) is 1. The second-order valence-corrected chi connectivity index (χ2v) is 10.8. The van der Waals surface area contributed by atoms with Gasteiger partial charge in [0.2, 0.25) is 0 Å². The first kappa shape index (κ1) is 32.4. The molecule has 34 heavy (non-hydrogen) atoms. The summed E-state index contributed by atoms with van der Waals surface area (Å²) in [4.78, 5) is 23.8. The van der Waals surface area contributed by atoms with Gasteiger partial charge in [-0.15, -0.1) is 0 Å². The average molecular weight is 480 g/mol. The molecule has 0 fully saturated rings. The summed E-state index contributed by atoms with van der Waals surface area (Å²) < 4.78 is 10.7. The van der Waals surface area contributed by atoms with E-state index in [0.29, 0.717) is 26.0 Å². The molecule has 0 amide bonds. The van der Waals surface area contributed by atoms with E-state index >= 15 is 0 Å². The molecule has 0 aromatic carbocycles. The molecule has 1 N–H and O–H groups in total. The highest BCUT2D eigenvalue weighted by Gasteiger charge is 2.21. The predicted molar refractivity (Wildman–Crippen MR) is 143 cm³/mol. The number of carbonyl (C=O) groups excluding carboxylic acids is 2. The second kappa shape index (κ2) is 19.7. The summed E-state index contributed by atoms with van der Waals surface area (Å²) in [6.45, 7) is 12.5. The fraction of sp³-hybridized carbons (Fsp3) is 0.793. The van der Waals surface area contributed by atoms with Gasteiger partial charge in [0.15, 0.2) is 0 Å². The highest BCUT2D eigenvalue weighted by atomic mass is 16.6. The first-order valence-electron chi connectivity index (χ1n) is 13.5. The van der Waals surface area contributed by atoms with Crippen LogP contribution >= 0.6 is 0 Å². The first-order valence-corrected chi connectivity index (χ1v) is 13.5. The minimum atomic E-state index is -0.468. The van der Waals surface area contributed by atoms with Crippen LogP contribution in [0.4, 0.5) is 0 Å². The standard InChI is InChI=1S/C29H53NO4/c1-7-8-9-10-11-12-13-14-15-16-17-18-19-20-21-22-26(31)33-25-29(5,6)30-24-23-27(32)34-28(2,3)4/h11-12,14-15,30H,7-10,13,16-25H2,1-6H3/b12-11-,15-14-. The third-order valence-electron chi connectivity index (χ3n) is 5.28. The molecule has 0 aliphatic heterocycles. The van der Waals surface area contributed by atoms with E-state index in [2.05, 4.69) is 36.5 Å². The van der Waals surface area contributed by atoms with Crippen molar-refractivity contribution in [2.45, 2.75) is 136 Å². The van der Waals surface area contributed by atoms with Crippen molar-refractivity contribution in [3.8, 4) is 0 Å². The monoisotopic (exact) mass is 479 g/mol.